The van der Waals surface area contributed by atoms with Crippen molar-refractivity contribution in [2.24, 2.45) is 11.8 Å². The molecular weight excluding hydrogens is 742 g/mol. The van der Waals surface area contributed by atoms with Gasteiger partial charge in [0, 0.05) is 0 Å². The van der Waals surface area contributed by atoms with Crippen molar-refractivity contribution >= 4 is 75.1 Å². The van der Waals surface area contributed by atoms with Crippen molar-refractivity contribution in [3.8, 4) is 0 Å². The summed E-state index contributed by atoms with van der Waals surface area (Å²) < 4.78 is 33.9. The molecule has 226 valence electrons. The molecule has 2 saturated heterocycles. The van der Waals surface area contributed by atoms with Crippen LogP contribution in [0.2, 0.25) is 8.87 Å². The van der Waals surface area contributed by atoms with Crippen LogP contribution in [0.4, 0.5) is 0 Å². The average Bonchev–Trinajstić information content (AvgIpc) is 2.91. The fraction of sp³-hybridized carbons (Fsp3) is 0.769. The third-order valence-electron chi connectivity index (χ3n) is 5.97. The van der Waals surface area contributed by atoms with Crippen LogP contribution in [0.25, 0.3) is 0 Å². The first-order valence-corrected chi connectivity index (χ1v) is 25.2. The van der Waals surface area contributed by atoms with Gasteiger partial charge in [0.1, 0.15) is 0 Å². The molecule has 12 nitrogen and oxygen atoms in total. The van der Waals surface area contributed by atoms with E-state index >= 15 is 0 Å². The first kappa shape index (κ1) is 34.6. The molecule has 2 aliphatic rings. The Hall–Kier alpha value is -1.58. The summed E-state index contributed by atoms with van der Waals surface area (Å²) in [6, 6.07) is 0. The van der Waals surface area contributed by atoms with Crippen molar-refractivity contribution in [1.29, 1.82) is 0 Å². The molecule has 0 radical (unpaired) electrons. The number of hydrogen-bond acceptors (Lipinski definition) is 12. The molecule has 0 saturated carbocycles. The third-order valence-corrected chi connectivity index (χ3v) is 22.7. The summed E-state index contributed by atoms with van der Waals surface area (Å²) in [4.78, 5) is 74.7. The van der Waals surface area contributed by atoms with Crippen LogP contribution >= 0.6 is 0 Å². The van der Waals surface area contributed by atoms with E-state index in [0.29, 0.717) is 25.7 Å². The second-order valence-electron chi connectivity index (χ2n) is 11.0. The zero-order chi connectivity index (χ0) is 29.8. The normalized spacial score (nSPS) is 19.9. The summed E-state index contributed by atoms with van der Waals surface area (Å²) >= 11 is -9.73. The van der Waals surface area contributed by atoms with Crippen LogP contribution in [-0.4, -0.2) is 75.1 Å². The van der Waals surface area contributed by atoms with Gasteiger partial charge in [0.05, 0.1) is 0 Å². The average molecular weight is 784 g/mol. The number of rotatable bonds is 11. The molecule has 14 heteroatoms. The fourth-order valence-corrected chi connectivity index (χ4v) is 19.9. The molecule has 0 N–H and O–H groups in total. The van der Waals surface area contributed by atoms with E-state index < -0.39 is 75.1 Å². The molecule has 0 aromatic rings. The van der Waals surface area contributed by atoms with Gasteiger partial charge < -0.3 is 0 Å². The molecule has 0 aromatic heterocycles. The van der Waals surface area contributed by atoms with Crippen LogP contribution in [-0.2, 0) is 47.2 Å². The summed E-state index contributed by atoms with van der Waals surface area (Å²) in [7, 11) is 0. The Kier molecular flexibility index (Phi) is 14.5. The zero-order valence-electron chi connectivity index (χ0n) is 24.0. The van der Waals surface area contributed by atoms with Crippen molar-refractivity contribution in [3.63, 3.8) is 0 Å². The molecule has 0 atom stereocenters. The molecule has 2 heterocycles. The van der Waals surface area contributed by atoms with E-state index in [-0.39, 0.29) is 72.1 Å². The van der Waals surface area contributed by atoms with Crippen LogP contribution in [0.1, 0.15) is 105 Å². The minimum absolute atomic E-state index is 0.0371. The van der Waals surface area contributed by atoms with Crippen LogP contribution in [0.15, 0.2) is 0 Å². The molecular formula is C26H42O12Sn2. The van der Waals surface area contributed by atoms with E-state index in [4.69, 9.17) is 18.4 Å². The van der Waals surface area contributed by atoms with Gasteiger partial charge in [-0.15, -0.1) is 0 Å². The number of carbonyl (C=O) groups is 6. The fourth-order valence-electron chi connectivity index (χ4n) is 4.34. The minimum atomic E-state index is -4.87. The first-order valence-electron chi connectivity index (χ1n) is 14.1. The first-order chi connectivity index (χ1) is 18.8. The van der Waals surface area contributed by atoms with E-state index in [1.54, 1.807) is 0 Å². The van der Waals surface area contributed by atoms with Gasteiger partial charge in [-0.05, 0) is 0 Å². The molecule has 0 amide bonds. The van der Waals surface area contributed by atoms with Crippen LogP contribution < -0.4 is 0 Å². The topological polar surface area (TPSA) is 158 Å². The molecule has 2 fully saturated rings. The Bertz CT molecular complexity index is 819. The van der Waals surface area contributed by atoms with E-state index in [0.717, 1.165) is 0 Å². The van der Waals surface area contributed by atoms with Crippen molar-refractivity contribution in [1.82, 2.24) is 0 Å². The van der Waals surface area contributed by atoms with Crippen molar-refractivity contribution in [3.05, 3.63) is 0 Å². The Morgan fingerprint density at radius 3 is 1.12 bits per heavy atom. The predicted molar refractivity (Wildman–Crippen MR) is 143 cm³/mol. The molecule has 40 heavy (non-hydrogen) atoms. The Morgan fingerprint density at radius 1 is 0.600 bits per heavy atom. The number of carbonyl (C=O) groups excluding carboxylic acids is 6. The van der Waals surface area contributed by atoms with Crippen LogP contribution in [0.5, 0.6) is 0 Å². The van der Waals surface area contributed by atoms with Gasteiger partial charge in [0.25, 0.3) is 0 Å². The summed E-state index contributed by atoms with van der Waals surface area (Å²) in [6.07, 6.45) is 2.76. The molecule has 2 rings (SSSR count). The van der Waals surface area contributed by atoms with Gasteiger partial charge in [-0.1, -0.05) is 0 Å². The zero-order valence-corrected chi connectivity index (χ0v) is 29.7. The Morgan fingerprint density at radius 2 is 0.875 bits per heavy atom. The monoisotopic (exact) mass is 786 g/mol. The van der Waals surface area contributed by atoms with Crippen LogP contribution in [0.3, 0.4) is 0 Å². The second-order valence-corrected chi connectivity index (χ2v) is 24.7. The molecule has 0 aliphatic carbocycles. The third kappa shape index (κ3) is 12.9. The Labute approximate surface area is 246 Å². The van der Waals surface area contributed by atoms with Crippen molar-refractivity contribution in [2.75, 3.05) is 0 Å². The second kappa shape index (κ2) is 16.8. The predicted octanol–water partition coefficient (Wildman–Crippen LogP) is 4.14. The van der Waals surface area contributed by atoms with E-state index in [2.05, 4.69) is 0 Å². The Balaban J connectivity index is 1.97. The molecule has 2 aliphatic heterocycles. The van der Waals surface area contributed by atoms with E-state index in [1.165, 1.54) is 0 Å². The summed E-state index contributed by atoms with van der Waals surface area (Å²) in [5, 5.41) is 0. The quantitative estimate of drug-likeness (QED) is 0.218. The van der Waals surface area contributed by atoms with Gasteiger partial charge in [-0.3, -0.25) is 0 Å². The van der Waals surface area contributed by atoms with E-state index in [1.807, 2.05) is 27.7 Å². The maximum absolute atomic E-state index is 12.7. The number of unbranched alkanes of at least 4 members (excludes halogenated alkanes) is 1. The van der Waals surface area contributed by atoms with Crippen LogP contribution in [0, 0.1) is 11.8 Å². The standard InChI is InChI=1S/3C6H10O4.2C4H9.2Sn/c3*7-5(8)3-1-2-4-6(9)10;2*1-4(2)3;;/h3*1-4H2,(H,7,8)(H,9,10);2*4H,1H2,2-3H3;;/q;;;;;2*+3/p-6. The van der Waals surface area contributed by atoms with Gasteiger partial charge >= 0.3 is 248 Å². The van der Waals surface area contributed by atoms with Gasteiger partial charge in [0.15, 0.2) is 0 Å². The molecule has 0 unspecified atom stereocenters. The van der Waals surface area contributed by atoms with Crippen molar-refractivity contribution < 1.29 is 47.2 Å². The maximum atomic E-state index is 12.7. The summed E-state index contributed by atoms with van der Waals surface area (Å²) in [5.74, 6) is -3.54. The van der Waals surface area contributed by atoms with Gasteiger partial charge in [-0.25, -0.2) is 0 Å². The molecule has 0 aromatic carbocycles. The van der Waals surface area contributed by atoms with E-state index in [9.17, 15) is 28.8 Å². The van der Waals surface area contributed by atoms with Crippen molar-refractivity contribution in [2.45, 2.75) is 114 Å². The number of hydrogen-bond donors (Lipinski definition) is 0. The summed E-state index contributed by atoms with van der Waals surface area (Å²) in [6.45, 7) is 7.43. The molecule has 0 spiro atoms. The van der Waals surface area contributed by atoms with Gasteiger partial charge in [-0.2, -0.15) is 0 Å². The van der Waals surface area contributed by atoms with Gasteiger partial charge in [0.2, 0.25) is 0 Å². The molecule has 0 bridgehead atoms. The summed E-state index contributed by atoms with van der Waals surface area (Å²) in [5.41, 5.74) is 0. The SMILES string of the molecule is CC(C)[CH2][Sn]1([O]C(=O)CCCCC(=O)[O][Sn]2([CH2]C(C)C)[O]C(=O)CCCCC(=O)[O]2)[O]C(=O)CCCCC(=O)[O]1.